The molecule has 1 N–H and O–H groups in total. The number of aryl methyl sites for hydroxylation is 3. The van der Waals surface area contributed by atoms with Gasteiger partial charge in [0.2, 0.25) is 0 Å². The topological polar surface area (TPSA) is 29.1 Å². The molecule has 2 rings (SSSR count). The summed E-state index contributed by atoms with van der Waals surface area (Å²) in [5, 5.41) is 3.52. The Morgan fingerprint density at radius 1 is 1.10 bits per heavy atom. The van der Waals surface area contributed by atoms with Crippen LogP contribution in [0.1, 0.15) is 40.9 Å². The van der Waals surface area contributed by atoms with Gasteiger partial charge in [-0.25, -0.2) is 0 Å². The zero-order valence-corrected chi connectivity index (χ0v) is 13.4. The van der Waals surface area contributed by atoms with E-state index in [1.165, 1.54) is 0 Å². The first-order valence-corrected chi connectivity index (χ1v) is 7.62. The molecule has 0 aliphatic carbocycles. The summed E-state index contributed by atoms with van der Waals surface area (Å²) >= 11 is 6.18. The smallest absolute Gasteiger partial charge is 0.257 e. The maximum absolute atomic E-state index is 12.5. The molecular formula is C18H20ClNO. The molecule has 2 aromatic carbocycles. The number of halogens is 1. The second-order valence-electron chi connectivity index (χ2n) is 5.10. The monoisotopic (exact) mass is 301 g/mol. The molecule has 1 amide bonds. The van der Waals surface area contributed by atoms with Crippen LogP contribution in [0.15, 0.2) is 36.4 Å². The first kappa shape index (κ1) is 15.6. The first-order chi connectivity index (χ1) is 10.1. The summed E-state index contributed by atoms with van der Waals surface area (Å²) < 4.78 is 0. The number of rotatable bonds is 4. The molecule has 0 aliphatic rings. The van der Waals surface area contributed by atoms with Gasteiger partial charge in [0, 0.05) is 5.69 Å². The van der Waals surface area contributed by atoms with Crippen LogP contribution < -0.4 is 5.32 Å². The lowest BCUT2D eigenvalue weighted by molar-refractivity contribution is 0.102. The van der Waals surface area contributed by atoms with Gasteiger partial charge in [-0.15, -0.1) is 0 Å². The van der Waals surface area contributed by atoms with E-state index < -0.39 is 0 Å². The highest BCUT2D eigenvalue weighted by molar-refractivity contribution is 6.34. The van der Waals surface area contributed by atoms with E-state index in [1.807, 2.05) is 37.3 Å². The molecule has 0 bridgehead atoms. The van der Waals surface area contributed by atoms with E-state index in [0.717, 1.165) is 35.2 Å². The van der Waals surface area contributed by atoms with Crippen LogP contribution in [0.2, 0.25) is 5.02 Å². The minimum atomic E-state index is -0.157. The van der Waals surface area contributed by atoms with Crippen LogP contribution in [-0.2, 0) is 12.8 Å². The summed E-state index contributed by atoms with van der Waals surface area (Å²) in [6, 6.07) is 11.6. The summed E-state index contributed by atoms with van der Waals surface area (Å²) in [6.07, 6.45) is 1.76. The second-order valence-corrected chi connectivity index (χ2v) is 5.50. The van der Waals surface area contributed by atoms with E-state index in [0.29, 0.717) is 10.6 Å². The van der Waals surface area contributed by atoms with Crippen molar-refractivity contribution in [3.05, 3.63) is 63.7 Å². The molecule has 0 saturated heterocycles. The van der Waals surface area contributed by atoms with E-state index in [-0.39, 0.29) is 5.91 Å². The zero-order valence-electron chi connectivity index (χ0n) is 12.7. The number of nitrogens with one attached hydrogen (secondary N) is 1. The average Bonchev–Trinajstić information content (AvgIpc) is 2.47. The van der Waals surface area contributed by atoms with Crippen molar-refractivity contribution >= 4 is 23.2 Å². The second kappa shape index (κ2) is 6.77. The first-order valence-electron chi connectivity index (χ1n) is 7.25. The molecule has 0 heterocycles. The number of para-hydroxylation sites is 1. The van der Waals surface area contributed by atoms with Crippen molar-refractivity contribution in [3.8, 4) is 0 Å². The number of carbonyl (C=O) groups is 1. The van der Waals surface area contributed by atoms with Gasteiger partial charge in [-0.3, -0.25) is 4.79 Å². The van der Waals surface area contributed by atoms with Gasteiger partial charge in [-0.05, 0) is 48.6 Å². The summed E-state index contributed by atoms with van der Waals surface area (Å²) in [5.41, 5.74) is 4.76. The third-order valence-electron chi connectivity index (χ3n) is 3.61. The van der Waals surface area contributed by atoms with Gasteiger partial charge >= 0.3 is 0 Å². The number of carbonyl (C=O) groups excluding carboxylic acids is 1. The molecule has 21 heavy (non-hydrogen) atoms. The Balaban J connectivity index is 2.35. The quantitative estimate of drug-likeness (QED) is 0.843. The standard InChI is InChI=1S/C18H20ClNO/c1-4-13-7-6-8-14(5-2)17(13)20-18(21)15-10-9-12(3)11-16(15)19/h6-11H,4-5H2,1-3H3,(H,20,21). The maximum Gasteiger partial charge on any atom is 0.257 e. The number of anilines is 1. The number of hydrogen-bond acceptors (Lipinski definition) is 1. The molecule has 0 spiro atoms. The average molecular weight is 302 g/mol. The Kier molecular flexibility index (Phi) is 5.03. The number of benzene rings is 2. The van der Waals surface area contributed by atoms with Gasteiger partial charge in [-0.2, -0.15) is 0 Å². The van der Waals surface area contributed by atoms with Gasteiger partial charge in [0.25, 0.3) is 5.91 Å². The molecule has 0 atom stereocenters. The molecule has 0 radical (unpaired) electrons. The highest BCUT2D eigenvalue weighted by Crippen LogP contribution is 2.25. The van der Waals surface area contributed by atoms with Crippen molar-refractivity contribution in [2.24, 2.45) is 0 Å². The lowest BCUT2D eigenvalue weighted by atomic mass is 10.0. The summed E-state index contributed by atoms with van der Waals surface area (Å²) in [6.45, 7) is 6.13. The van der Waals surface area contributed by atoms with Gasteiger partial charge in [-0.1, -0.05) is 49.7 Å². The maximum atomic E-state index is 12.5. The van der Waals surface area contributed by atoms with Crippen LogP contribution in [0.5, 0.6) is 0 Å². The Bertz CT molecular complexity index is 642. The Labute approximate surface area is 131 Å². The van der Waals surface area contributed by atoms with E-state index >= 15 is 0 Å². The highest BCUT2D eigenvalue weighted by atomic mass is 35.5. The fraction of sp³-hybridized carbons (Fsp3) is 0.278. The Hall–Kier alpha value is -1.80. The molecular weight excluding hydrogens is 282 g/mol. The van der Waals surface area contributed by atoms with Crippen LogP contribution in [0.25, 0.3) is 0 Å². The van der Waals surface area contributed by atoms with Gasteiger partial charge in [0.1, 0.15) is 0 Å². The van der Waals surface area contributed by atoms with Crippen LogP contribution in [0.3, 0.4) is 0 Å². The molecule has 0 aromatic heterocycles. The van der Waals surface area contributed by atoms with Gasteiger partial charge in [0.05, 0.1) is 10.6 Å². The van der Waals surface area contributed by atoms with Crippen molar-refractivity contribution in [1.82, 2.24) is 0 Å². The Morgan fingerprint density at radius 2 is 1.71 bits per heavy atom. The van der Waals surface area contributed by atoms with Crippen LogP contribution in [0.4, 0.5) is 5.69 Å². The van der Waals surface area contributed by atoms with E-state index in [1.54, 1.807) is 6.07 Å². The molecule has 0 unspecified atom stereocenters. The van der Waals surface area contributed by atoms with Crippen molar-refractivity contribution in [3.63, 3.8) is 0 Å². The predicted molar refractivity (Wildman–Crippen MR) is 89.3 cm³/mol. The predicted octanol–water partition coefficient (Wildman–Crippen LogP) is 5.03. The van der Waals surface area contributed by atoms with Crippen molar-refractivity contribution < 1.29 is 4.79 Å². The SMILES string of the molecule is CCc1cccc(CC)c1NC(=O)c1ccc(C)cc1Cl. The van der Waals surface area contributed by atoms with Crippen molar-refractivity contribution in [2.75, 3.05) is 5.32 Å². The number of hydrogen-bond donors (Lipinski definition) is 1. The Morgan fingerprint density at radius 3 is 2.24 bits per heavy atom. The van der Waals surface area contributed by atoms with Crippen LogP contribution >= 0.6 is 11.6 Å². The van der Waals surface area contributed by atoms with E-state index in [9.17, 15) is 4.79 Å². The fourth-order valence-electron chi connectivity index (χ4n) is 2.39. The lowest BCUT2D eigenvalue weighted by Crippen LogP contribution is -2.15. The summed E-state index contributed by atoms with van der Waals surface area (Å²) in [4.78, 5) is 12.5. The van der Waals surface area contributed by atoms with Gasteiger partial charge in [0.15, 0.2) is 0 Å². The summed E-state index contributed by atoms with van der Waals surface area (Å²) in [7, 11) is 0. The van der Waals surface area contributed by atoms with Gasteiger partial charge < -0.3 is 5.32 Å². The molecule has 0 saturated carbocycles. The third-order valence-corrected chi connectivity index (χ3v) is 3.92. The minimum Gasteiger partial charge on any atom is -0.321 e. The highest BCUT2D eigenvalue weighted by Gasteiger charge is 2.14. The summed E-state index contributed by atoms with van der Waals surface area (Å²) in [5.74, 6) is -0.157. The third kappa shape index (κ3) is 3.45. The molecule has 110 valence electrons. The molecule has 2 nitrogen and oxygen atoms in total. The zero-order chi connectivity index (χ0) is 15.4. The molecule has 0 aliphatic heterocycles. The van der Waals surface area contributed by atoms with Crippen LogP contribution in [-0.4, -0.2) is 5.91 Å². The normalized spacial score (nSPS) is 10.5. The van der Waals surface area contributed by atoms with Crippen molar-refractivity contribution in [1.29, 1.82) is 0 Å². The van der Waals surface area contributed by atoms with Crippen molar-refractivity contribution in [2.45, 2.75) is 33.6 Å². The largest absolute Gasteiger partial charge is 0.321 e. The fourth-order valence-corrected chi connectivity index (χ4v) is 2.71. The molecule has 2 aromatic rings. The number of amides is 1. The molecule has 0 fully saturated rings. The lowest BCUT2D eigenvalue weighted by Gasteiger charge is -2.15. The molecule has 3 heteroatoms. The van der Waals surface area contributed by atoms with Crippen LogP contribution in [0, 0.1) is 6.92 Å². The minimum absolute atomic E-state index is 0.157. The van der Waals surface area contributed by atoms with E-state index in [2.05, 4.69) is 19.2 Å². The van der Waals surface area contributed by atoms with E-state index in [4.69, 9.17) is 11.6 Å².